The molecule has 0 fully saturated rings. The smallest absolute Gasteiger partial charge is 0.305 e. The van der Waals surface area contributed by atoms with Crippen molar-refractivity contribution < 1.29 is 14.3 Å². The Morgan fingerprint density at radius 3 is 2.29 bits per heavy atom. The molecule has 1 rings (SSSR count). The molecule has 28 heavy (non-hydrogen) atoms. The number of hydrogen-bond donors (Lipinski definition) is 0. The SMILES string of the molecule is CCCCCCCCCCCC=Cc1ccccc1OCCCC(=O)OCC. The van der Waals surface area contributed by atoms with Crippen molar-refractivity contribution in [2.75, 3.05) is 13.2 Å². The molecule has 0 atom stereocenters. The van der Waals surface area contributed by atoms with Crippen molar-refractivity contribution in [2.24, 2.45) is 0 Å². The van der Waals surface area contributed by atoms with E-state index >= 15 is 0 Å². The minimum Gasteiger partial charge on any atom is -0.493 e. The minimum atomic E-state index is -0.153. The summed E-state index contributed by atoms with van der Waals surface area (Å²) in [5.41, 5.74) is 1.11. The summed E-state index contributed by atoms with van der Waals surface area (Å²) in [6.07, 6.45) is 18.9. The number of unbranched alkanes of at least 4 members (excludes halogenated alkanes) is 9. The van der Waals surface area contributed by atoms with Crippen molar-refractivity contribution >= 4 is 12.0 Å². The highest BCUT2D eigenvalue weighted by molar-refractivity contribution is 5.69. The van der Waals surface area contributed by atoms with Gasteiger partial charge in [0.2, 0.25) is 0 Å². The number of benzene rings is 1. The Morgan fingerprint density at radius 1 is 0.893 bits per heavy atom. The lowest BCUT2D eigenvalue weighted by atomic mass is 10.1. The molecule has 0 spiro atoms. The predicted molar refractivity (Wildman–Crippen MR) is 119 cm³/mol. The van der Waals surface area contributed by atoms with Crippen LogP contribution in [0.25, 0.3) is 6.08 Å². The maximum absolute atomic E-state index is 11.4. The summed E-state index contributed by atoms with van der Waals surface area (Å²) in [5, 5.41) is 0. The topological polar surface area (TPSA) is 35.5 Å². The highest BCUT2D eigenvalue weighted by atomic mass is 16.5. The van der Waals surface area contributed by atoms with E-state index in [0.717, 1.165) is 17.7 Å². The summed E-state index contributed by atoms with van der Waals surface area (Å²) in [6, 6.07) is 8.08. The normalized spacial score (nSPS) is 11.1. The van der Waals surface area contributed by atoms with Gasteiger partial charge < -0.3 is 9.47 Å². The Labute approximate surface area is 172 Å². The van der Waals surface area contributed by atoms with Gasteiger partial charge in [-0.05, 0) is 32.3 Å². The van der Waals surface area contributed by atoms with Gasteiger partial charge in [0.15, 0.2) is 0 Å². The summed E-state index contributed by atoms with van der Waals surface area (Å²) < 4.78 is 10.8. The van der Waals surface area contributed by atoms with E-state index in [1.807, 2.05) is 25.1 Å². The summed E-state index contributed by atoms with van der Waals surface area (Å²) in [5.74, 6) is 0.731. The summed E-state index contributed by atoms with van der Waals surface area (Å²) in [4.78, 5) is 11.4. The maximum atomic E-state index is 11.4. The monoisotopic (exact) mass is 388 g/mol. The minimum absolute atomic E-state index is 0.153. The Bertz CT molecular complexity index is 536. The van der Waals surface area contributed by atoms with Crippen LogP contribution in [-0.2, 0) is 9.53 Å². The molecule has 0 heterocycles. The summed E-state index contributed by atoms with van der Waals surface area (Å²) in [6.45, 7) is 5.06. The molecule has 3 nitrogen and oxygen atoms in total. The number of carbonyl (C=O) groups excluding carboxylic acids is 1. The summed E-state index contributed by atoms with van der Waals surface area (Å²) >= 11 is 0. The van der Waals surface area contributed by atoms with E-state index in [9.17, 15) is 4.79 Å². The molecule has 0 aliphatic carbocycles. The molecule has 0 aromatic heterocycles. The Kier molecular flexibility index (Phi) is 15.0. The Morgan fingerprint density at radius 2 is 1.57 bits per heavy atom. The van der Waals surface area contributed by atoms with Gasteiger partial charge in [0.1, 0.15) is 5.75 Å². The lowest BCUT2D eigenvalue weighted by Gasteiger charge is -2.09. The maximum Gasteiger partial charge on any atom is 0.305 e. The molecular weight excluding hydrogens is 348 g/mol. The van der Waals surface area contributed by atoms with Crippen LogP contribution >= 0.6 is 0 Å². The van der Waals surface area contributed by atoms with Crippen molar-refractivity contribution in [2.45, 2.75) is 90.9 Å². The fourth-order valence-corrected chi connectivity index (χ4v) is 3.16. The lowest BCUT2D eigenvalue weighted by Crippen LogP contribution is -2.07. The number of ether oxygens (including phenoxy) is 2. The van der Waals surface area contributed by atoms with Gasteiger partial charge in [0.25, 0.3) is 0 Å². The van der Waals surface area contributed by atoms with E-state index < -0.39 is 0 Å². The largest absolute Gasteiger partial charge is 0.493 e. The molecule has 3 heteroatoms. The van der Waals surface area contributed by atoms with Gasteiger partial charge in [-0.1, -0.05) is 88.6 Å². The zero-order valence-electron chi connectivity index (χ0n) is 18.1. The molecule has 0 bridgehead atoms. The van der Waals surface area contributed by atoms with Gasteiger partial charge in [0.05, 0.1) is 13.2 Å². The quantitative estimate of drug-likeness (QED) is 0.207. The van der Waals surface area contributed by atoms with Crippen LogP contribution in [0.5, 0.6) is 5.75 Å². The zero-order chi connectivity index (χ0) is 20.3. The summed E-state index contributed by atoms with van der Waals surface area (Å²) in [7, 11) is 0. The number of esters is 1. The fourth-order valence-electron chi connectivity index (χ4n) is 3.16. The van der Waals surface area contributed by atoms with Crippen LogP contribution < -0.4 is 4.74 Å². The molecule has 0 aliphatic rings. The number of hydrogen-bond acceptors (Lipinski definition) is 3. The van der Waals surface area contributed by atoms with Gasteiger partial charge in [-0.3, -0.25) is 4.79 Å². The van der Waals surface area contributed by atoms with E-state index in [-0.39, 0.29) is 5.97 Å². The number of allylic oxidation sites excluding steroid dienone is 1. The zero-order valence-corrected chi connectivity index (χ0v) is 18.1. The third kappa shape index (κ3) is 12.6. The number of carbonyl (C=O) groups is 1. The van der Waals surface area contributed by atoms with Gasteiger partial charge in [-0.2, -0.15) is 0 Å². The van der Waals surface area contributed by atoms with Crippen LogP contribution in [0.15, 0.2) is 30.3 Å². The molecule has 0 N–H and O–H groups in total. The molecule has 0 aliphatic heterocycles. The van der Waals surface area contributed by atoms with Crippen LogP contribution in [0.1, 0.15) is 96.5 Å². The first-order chi connectivity index (χ1) is 13.8. The molecule has 0 amide bonds. The third-order valence-corrected chi connectivity index (χ3v) is 4.78. The van der Waals surface area contributed by atoms with E-state index in [1.165, 1.54) is 57.8 Å². The molecule has 0 unspecified atom stereocenters. The molecule has 0 radical (unpaired) electrons. The van der Waals surface area contributed by atoms with Crippen molar-refractivity contribution in [1.29, 1.82) is 0 Å². The van der Waals surface area contributed by atoms with Crippen molar-refractivity contribution in [1.82, 2.24) is 0 Å². The Balaban J connectivity index is 2.17. The molecule has 0 saturated carbocycles. The second kappa shape index (κ2) is 17.3. The van der Waals surface area contributed by atoms with Gasteiger partial charge in [-0.25, -0.2) is 0 Å². The molecular formula is C25H40O3. The van der Waals surface area contributed by atoms with Crippen LogP contribution in [0.3, 0.4) is 0 Å². The number of para-hydroxylation sites is 1. The molecule has 1 aromatic carbocycles. The van der Waals surface area contributed by atoms with Crippen molar-refractivity contribution in [3.8, 4) is 5.75 Å². The van der Waals surface area contributed by atoms with E-state index in [2.05, 4.69) is 25.1 Å². The van der Waals surface area contributed by atoms with Gasteiger partial charge >= 0.3 is 5.97 Å². The Hall–Kier alpha value is -1.77. The highest BCUT2D eigenvalue weighted by Crippen LogP contribution is 2.20. The van der Waals surface area contributed by atoms with Crippen molar-refractivity contribution in [3.63, 3.8) is 0 Å². The van der Waals surface area contributed by atoms with E-state index in [1.54, 1.807) is 0 Å². The second-order valence-corrected chi connectivity index (χ2v) is 7.31. The standard InChI is InChI=1S/C25H40O3/c1-3-5-6-7-8-9-10-11-12-13-14-18-23-19-15-16-20-24(23)28-22-17-21-25(26)27-4-2/h14-16,18-20H,3-13,17,21-22H2,1-2H3. The molecule has 158 valence electrons. The van der Waals surface area contributed by atoms with Gasteiger partial charge in [0, 0.05) is 12.0 Å². The van der Waals surface area contributed by atoms with Crippen LogP contribution in [0, 0.1) is 0 Å². The van der Waals surface area contributed by atoms with E-state index in [4.69, 9.17) is 9.47 Å². The highest BCUT2D eigenvalue weighted by Gasteiger charge is 2.03. The second-order valence-electron chi connectivity index (χ2n) is 7.31. The van der Waals surface area contributed by atoms with Crippen molar-refractivity contribution in [3.05, 3.63) is 35.9 Å². The first kappa shape index (κ1) is 24.3. The molecule has 0 saturated heterocycles. The van der Waals surface area contributed by atoms with Crippen LogP contribution in [0.2, 0.25) is 0 Å². The van der Waals surface area contributed by atoms with E-state index in [0.29, 0.717) is 26.1 Å². The first-order valence-corrected chi connectivity index (χ1v) is 11.3. The average molecular weight is 389 g/mol. The molecule has 1 aromatic rings. The first-order valence-electron chi connectivity index (χ1n) is 11.3. The van der Waals surface area contributed by atoms with Crippen LogP contribution in [-0.4, -0.2) is 19.2 Å². The lowest BCUT2D eigenvalue weighted by molar-refractivity contribution is -0.143. The van der Waals surface area contributed by atoms with Crippen LogP contribution in [0.4, 0.5) is 0 Å². The predicted octanol–water partition coefficient (Wildman–Crippen LogP) is 7.34. The fraction of sp³-hybridized carbons (Fsp3) is 0.640. The average Bonchev–Trinajstić information content (AvgIpc) is 2.70. The third-order valence-electron chi connectivity index (χ3n) is 4.78. The van der Waals surface area contributed by atoms with Gasteiger partial charge in [-0.15, -0.1) is 0 Å². The number of rotatable bonds is 17.